The normalized spacial score (nSPS) is 15.8. The molecule has 2 amide bonds. The molecule has 31 heavy (non-hydrogen) atoms. The van der Waals surface area contributed by atoms with Gasteiger partial charge in [-0.3, -0.25) is 14.5 Å². The van der Waals surface area contributed by atoms with Gasteiger partial charge in [0.05, 0.1) is 18.6 Å². The average Bonchev–Trinajstić information content (AvgIpc) is 3.15. The summed E-state index contributed by atoms with van der Waals surface area (Å²) in [5.41, 5.74) is 1.58. The van der Waals surface area contributed by atoms with Crippen molar-refractivity contribution in [3.63, 3.8) is 0 Å². The number of thioether (sulfide) groups is 1. The lowest BCUT2D eigenvalue weighted by Crippen LogP contribution is -2.29. The number of hydrogen-bond donors (Lipinski definition) is 1. The summed E-state index contributed by atoms with van der Waals surface area (Å²) in [4.78, 5) is 26.6. The number of halogens is 2. The second-order valence-electron chi connectivity index (χ2n) is 6.79. The van der Waals surface area contributed by atoms with Crippen LogP contribution in [0.15, 0.2) is 66.7 Å². The monoisotopic (exact) mass is 440 g/mol. The van der Waals surface area contributed by atoms with Gasteiger partial charge in [-0.25, -0.2) is 8.78 Å². The van der Waals surface area contributed by atoms with E-state index in [0.29, 0.717) is 22.6 Å². The molecule has 158 valence electrons. The second-order valence-corrected chi connectivity index (χ2v) is 7.86. The van der Waals surface area contributed by atoms with Crippen molar-refractivity contribution in [2.75, 3.05) is 23.1 Å². The molecule has 0 aliphatic carbocycles. The van der Waals surface area contributed by atoms with Crippen molar-refractivity contribution >= 4 is 35.0 Å². The van der Waals surface area contributed by atoms with E-state index in [1.165, 1.54) is 22.7 Å². The van der Waals surface area contributed by atoms with Crippen LogP contribution in [0.1, 0.15) is 21.3 Å². The molecule has 0 radical (unpaired) electrons. The molecule has 0 bridgehead atoms. The first kappa shape index (κ1) is 20.9. The van der Waals surface area contributed by atoms with Gasteiger partial charge in [0.1, 0.15) is 22.8 Å². The number of para-hydroxylation sites is 1. The Kier molecular flexibility index (Phi) is 5.90. The van der Waals surface area contributed by atoms with Crippen molar-refractivity contribution in [1.29, 1.82) is 0 Å². The molecular formula is C23H18F2N2O3S. The molecule has 3 aromatic carbocycles. The van der Waals surface area contributed by atoms with Gasteiger partial charge in [0.15, 0.2) is 0 Å². The van der Waals surface area contributed by atoms with E-state index < -0.39 is 17.0 Å². The zero-order valence-electron chi connectivity index (χ0n) is 16.5. The van der Waals surface area contributed by atoms with Crippen molar-refractivity contribution in [2.24, 2.45) is 0 Å². The van der Waals surface area contributed by atoms with Gasteiger partial charge in [0, 0.05) is 22.9 Å². The minimum Gasteiger partial charge on any atom is -0.497 e. The number of carbonyl (C=O) groups excluding carboxylic acids is 2. The number of nitrogens with zero attached hydrogens (tertiary/aromatic N) is 1. The zero-order chi connectivity index (χ0) is 22.0. The van der Waals surface area contributed by atoms with Gasteiger partial charge < -0.3 is 10.1 Å². The molecule has 1 atom stereocenters. The van der Waals surface area contributed by atoms with Crippen LogP contribution in [0.4, 0.5) is 20.2 Å². The number of rotatable bonds is 5. The maximum atomic E-state index is 14.4. The van der Waals surface area contributed by atoms with E-state index in [4.69, 9.17) is 4.74 Å². The third-order valence-electron chi connectivity index (χ3n) is 4.86. The van der Waals surface area contributed by atoms with Gasteiger partial charge in [-0.2, -0.15) is 0 Å². The van der Waals surface area contributed by atoms with Crippen LogP contribution >= 0.6 is 11.8 Å². The van der Waals surface area contributed by atoms with E-state index in [1.807, 2.05) is 0 Å². The predicted molar refractivity (Wildman–Crippen MR) is 116 cm³/mol. The minimum atomic E-state index is -0.819. The molecular weight excluding hydrogens is 422 g/mol. The lowest BCUT2D eigenvalue weighted by atomic mass is 10.1. The molecule has 3 aromatic rings. The van der Waals surface area contributed by atoms with Gasteiger partial charge in [-0.1, -0.05) is 18.2 Å². The summed E-state index contributed by atoms with van der Waals surface area (Å²) >= 11 is 1.31. The van der Waals surface area contributed by atoms with Crippen LogP contribution in [0.2, 0.25) is 0 Å². The number of anilines is 2. The van der Waals surface area contributed by atoms with Gasteiger partial charge in [-0.15, -0.1) is 11.8 Å². The molecule has 1 saturated heterocycles. The van der Waals surface area contributed by atoms with E-state index in [9.17, 15) is 18.4 Å². The number of carbonyl (C=O) groups is 2. The molecule has 0 aromatic heterocycles. The number of hydrogen-bond acceptors (Lipinski definition) is 4. The summed E-state index contributed by atoms with van der Waals surface area (Å²) in [6.45, 7) is 0. The molecule has 0 spiro atoms. The number of methoxy groups -OCH3 is 1. The maximum absolute atomic E-state index is 14.4. The summed E-state index contributed by atoms with van der Waals surface area (Å²) in [5, 5.41) is 2.30. The Morgan fingerprint density at radius 3 is 2.55 bits per heavy atom. The molecule has 0 saturated carbocycles. The Hall–Kier alpha value is -3.39. The van der Waals surface area contributed by atoms with Gasteiger partial charge in [0.2, 0.25) is 5.91 Å². The Labute approximate surface area is 182 Å². The van der Waals surface area contributed by atoms with Crippen LogP contribution in [-0.2, 0) is 4.79 Å². The van der Waals surface area contributed by atoms with Crippen molar-refractivity contribution in [2.45, 2.75) is 5.37 Å². The summed E-state index contributed by atoms with van der Waals surface area (Å²) in [7, 11) is 1.54. The largest absolute Gasteiger partial charge is 0.497 e. The highest BCUT2D eigenvalue weighted by Gasteiger charge is 2.37. The Morgan fingerprint density at radius 2 is 1.84 bits per heavy atom. The van der Waals surface area contributed by atoms with Crippen molar-refractivity contribution in [3.8, 4) is 5.75 Å². The fourth-order valence-electron chi connectivity index (χ4n) is 3.35. The lowest BCUT2D eigenvalue weighted by molar-refractivity contribution is -0.115. The summed E-state index contributed by atoms with van der Waals surface area (Å²) in [6, 6.07) is 16.8. The first-order valence-corrected chi connectivity index (χ1v) is 10.5. The van der Waals surface area contributed by atoms with Crippen LogP contribution in [-0.4, -0.2) is 24.7 Å². The SMILES string of the molecule is COc1ccc(C(=O)Nc2ccccc2C2SCC(=O)N2c2ccc(F)cc2F)cc1. The number of nitrogens with one attached hydrogen (secondary N) is 1. The molecule has 1 unspecified atom stereocenters. The zero-order valence-corrected chi connectivity index (χ0v) is 17.3. The maximum Gasteiger partial charge on any atom is 0.255 e. The Bertz CT molecular complexity index is 1140. The standard InChI is InChI=1S/C23H18F2N2O3S/c1-30-16-9-6-14(7-10-16)22(29)26-19-5-3-2-4-17(19)23-27(21(28)13-31-23)20-11-8-15(24)12-18(20)25/h2-12,23H,13H2,1H3,(H,26,29). The minimum absolute atomic E-state index is 0.00214. The second kappa shape index (κ2) is 8.77. The average molecular weight is 440 g/mol. The molecule has 5 nitrogen and oxygen atoms in total. The fourth-order valence-corrected chi connectivity index (χ4v) is 4.56. The highest BCUT2D eigenvalue weighted by molar-refractivity contribution is 8.00. The third-order valence-corrected chi connectivity index (χ3v) is 6.06. The number of benzene rings is 3. The van der Waals surface area contributed by atoms with E-state index >= 15 is 0 Å². The summed E-state index contributed by atoms with van der Waals surface area (Å²) < 4.78 is 32.9. The van der Waals surface area contributed by atoms with Crippen molar-refractivity contribution in [3.05, 3.63) is 89.5 Å². The van der Waals surface area contributed by atoms with Crippen LogP contribution in [0.3, 0.4) is 0 Å². The Balaban J connectivity index is 1.65. The first-order chi connectivity index (χ1) is 15.0. The molecule has 1 aliphatic heterocycles. The Morgan fingerprint density at radius 1 is 1.10 bits per heavy atom. The summed E-state index contributed by atoms with van der Waals surface area (Å²) in [5.74, 6) is -1.39. The third kappa shape index (κ3) is 4.25. The smallest absolute Gasteiger partial charge is 0.255 e. The number of ether oxygens (including phenoxy) is 1. The molecule has 1 N–H and O–H groups in total. The van der Waals surface area contributed by atoms with Gasteiger partial charge in [-0.05, 0) is 42.5 Å². The van der Waals surface area contributed by atoms with E-state index in [1.54, 1.807) is 55.6 Å². The summed E-state index contributed by atoms with van der Waals surface area (Å²) in [6.07, 6.45) is 0. The molecule has 1 heterocycles. The van der Waals surface area contributed by atoms with E-state index in [2.05, 4.69) is 5.32 Å². The first-order valence-electron chi connectivity index (χ1n) is 9.41. The quantitative estimate of drug-likeness (QED) is 0.606. The topological polar surface area (TPSA) is 58.6 Å². The van der Waals surface area contributed by atoms with E-state index in [0.717, 1.165) is 12.1 Å². The highest BCUT2D eigenvalue weighted by Crippen LogP contribution is 2.44. The lowest BCUT2D eigenvalue weighted by Gasteiger charge is -2.26. The van der Waals surface area contributed by atoms with Crippen LogP contribution in [0, 0.1) is 11.6 Å². The van der Waals surface area contributed by atoms with Gasteiger partial charge in [0.25, 0.3) is 5.91 Å². The molecule has 8 heteroatoms. The molecule has 1 aliphatic rings. The van der Waals surface area contributed by atoms with Crippen LogP contribution < -0.4 is 15.0 Å². The van der Waals surface area contributed by atoms with Crippen molar-refractivity contribution in [1.82, 2.24) is 0 Å². The van der Waals surface area contributed by atoms with E-state index in [-0.39, 0.29) is 23.3 Å². The predicted octanol–water partition coefficient (Wildman–Crippen LogP) is 5.00. The highest BCUT2D eigenvalue weighted by atomic mass is 32.2. The van der Waals surface area contributed by atoms with Crippen LogP contribution in [0.5, 0.6) is 5.75 Å². The van der Waals surface area contributed by atoms with Gasteiger partial charge >= 0.3 is 0 Å². The molecule has 1 fully saturated rings. The van der Waals surface area contributed by atoms with Crippen molar-refractivity contribution < 1.29 is 23.1 Å². The number of amides is 2. The fraction of sp³-hybridized carbons (Fsp3) is 0.130. The molecule has 4 rings (SSSR count). The van der Waals surface area contributed by atoms with Crippen LogP contribution in [0.25, 0.3) is 0 Å².